The van der Waals surface area contributed by atoms with E-state index in [-0.39, 0.29) is 5.54 Å². The Kier molecular flexibility index (Phi) is 3.39. The topological polar surface area (TPSA) is 47.7 Å². The molecule has 0 amide bonds. The van der Waals surface area contributed by atoms with Gasteiger partial charge in [-0.05, 0) is 32.4 Å². The van der Waals surface area contributed by atoms with E-state index in [1.54, 1.807) is 0 Å². The van der Waals surface area contributed by atoms with Crippen LogP contribution in [0.25, 0.3) is 0 Å². The van der Waals surface area contributed by atoms with Crippen LogP contribution in [0.15, 0.2) is 12.1 Å². The van der Waals surface area contributed by atoms with Gasteiger partial charge in [0.05, 0.1) is 0 Å². The maximum Gasteiger partial charge on any atom is 0.163 e. The smallest absolute Gasteiger partial charge is 0.163 e. The highest BCUT2D eigenvalue weighted by Crippen LogP contribution is 2.38. The lowest BCUT2D eigenvalue weighted by molar-refractivity contribution is 0.171. The van der Waals surface area contributed by atoms with Gasteiger partial charge in [0.25, 0.3) is 0 Å². The fourth-order valence-corrected chi connectivity index (χ4v) is 2.00. The molecule has 4 heteroatoms. The quantitative estimate of drug-likeness (QED) is 0.890. The molecule has 0 saturated heterocycles. The maximum atomic E-state index is 5.83. The van der Waals surface area contributed by atoms with Crippen molar-refractivity contribution in [3.8, 4) is 11.5 Å². The van der Waals surface area contributed by atoms with E-state index in [0.717, 1.165) is 17.2 Å². The van der Waals surface area contributed by atoms with Crippen molar-refractivity contribution in [1.82, 2.24) is 0 Å². The second-order valence-corrected chi connectivity index (χ2v) is 5.36. The van der Waals surface area contributed by atoms with Gasteiger partial charge in [0.15, 0.2) is 11.5 Å². The summed E-state index contributed by atoms with van der Waals surface area (Å²) >= 11 is 0. The van der Waals surface area contributed by atoms with Crippen LogP contribution >= 0.6 is 0 Å². The van der Waals surface area contributed by atoms with Gasteiger partial charge in [-0.1, -0.05) is 0 Å². The average molecular weight is 250 g/mol. The van der Waals surface area contributed by atoms with Crippen molar-refractivity contribution in [1.29, 1.82) is 0 Å². The number of nitrogens with zero attached hydrogens (tertiary/aromatic N) is 1. The molecule has 2 N–H and O–H groups in total. The number of hydrogen-bond donors (Lipinski definition) is 1. The standard InChI is InChI=1S/C14H22N2O2/c1-10-7-12-13(18-6-5-17-12)8-11(10)16(4)14(2,3)9-15/h7-8H,5-6,9,15H2,1-4H3. The molecule has 2 rings (SSSR count). The number of benzene rings is 1. The van der Waals surface area contributed by atoms with Crippen LogP contribution in [0.1, 0.15) is 19.4 Å². The minimum Gasteiger partial charge on any atom is -0.486 e. The molecule has 0 saturated carbocycles. The van der Waals surface area contributed by atoms with Crippen molar-refractivity contribution in [3.63, 3.8) is 0 Å². The van der Waals surface area contributed by atoms with E-state index in [2.05, 4.69) is 32.7 Å². The molecule has 18 heavy (non-hydrogen) atoms. The first kappa shape index (κ1) is 13.0. The van der Waals surface area contributed by atoms with Crippen LogP contribution in [0.3, 0.4) is 0 Å². The van der Waals surface area contributed by atoms with E-state index in [4.69, 9.17) is 15.2 Å². The fraction of sp³-hybridized carbons (Fsp3) is 0.571. The molecule has 0 unspecified atom stereocenters. The first-order valence-electron chi connectivity index (χ1n) is 6.30. The van der Waals surface area contributed by atoms with Crippen molar-refractivity contribution in [2.24, 2.45) is 5.73 Å². The molecular weight excluding hydrogens is 228 g/mol. The van der Waals surface area contributed by atoms with Crippen molar-refractivity contribution in [3.05, 3.63) is 17.7 Å². The van der Waals surface area contributed by atoms with E-state index in [1.165, 1.54) is 5.56 Å². The predicted molar refractivity (Wildman–Crippen MR) is 73.7 cm³/mol. The van der Waals surface area contributed by atoms with Gasteiger partial charge in [-0.15, -0.1) is 0 Å². The Morgan fingerprint density at radius 3 is 2.33 bits per heavy atom. The van der Waals surface area contributed by atoms with E-state index >= 15 is 0 Å². The Hall–Kier alpha value is -1.42. The van der Waals surface area contributed by atoms with Gasteiger partial charge in [-0.3, -0.25) is 0 Å². The van der Waals surface area contributed by atoms with E-state index < -0.39 is 0 Å². The van der Waals surface area contributed by atoms with Gasteiger partial charge in [0.1, 0.15) is 13.2 Å². The van der Waals surface area contributed by atoms with Gasteiger partial charge >= 0.3 is 0 Å². The van der Waals surface area contributed by atoms with Crippen molar-refractivity contribution >= 4 is 5.69 Å². The summed E-state index contributed by atoms with van der Waals surface area (Å²) in [5.41, 5.74) is 8.05. The zero-order valence-corrected chi connectivity index (χ0v) is 11.6. The zero-order chi connectivity index (χ0) is 13.3. The third-order valence-electron chi connectivity index (χ3n) is 3.63. The molecule has 0 spiro atoms. The molecule has 1 aliphatic rings. The van der Waals surface area contributed by atoms with Crippen molar-refractivity contribution < 1.29 is 9.47 Å². The number of anilines is 1. The lowest BCUT2D eigenvalue weighted by atomic mass is 10.0. The molecule has 1 aromatic rings. The Labute approximate surface area is 109 Å². The Morgan fingerprint density at radius 1 is 1.22 bits per heavy atom. The van der Waals surface area contributed by atoms with Gasteiger partial charge in [0, 0.05) is 30.9 Å². The highest BCUT2D eigenvalue weighted by atomic mass is 16.6. The molecule has 0 fully saturated rings. The number of rotatable bonds is 3. The van der Waals surface area contributed by atoms with Crippen LogP contribution in [0.4, 0.5) is 5.69 Å². The van der Waals surface area contributed by atoms with Gasteiger partial charge < -0.3 is 20.1 Å². The van der Waals surface area contributed by atoms with Crippen LogP contribution in [0, 0.1) is 6.92 Å². The summed E-state index contributed by atoms with van der Waals surface area (Å²) in [5.74, 6) is 1.66. The van der Waals surface area contributed by atoms with Crippen LogP contribution < -0.4 is 20.1 Å². The summed E-state index contributed by atoms with van der Waals surface area (Å²) in [6, 6.07) is 4.08. The summed E-state index contributed by atoms with van der Waals surface area (Å²) in [4.78, 5) is 2.20. The molecular formula is C14H22N2O2. The van der Waals surface area contributed by atoms with E-state index in [9.17, 15) is 0 Å². The molecule has 1 aromatic carbocycles. The molecule has 100 valence electrons. The van der Waals surface area contributed by atoms with Gasteiger partial charge in [-0.25, -0.2) is 0 Å². The number of aryl methyl sites for hydroxylation is 1. The minimum absolute atomic E-state index is 0.0888. The molecule has 1 heterocycles. The summed E-state index contributed by atoms with van der Waals surface area (Å²) < 4.78 is 11.2. The minimum atomic E-state index is -0.0888. The fourth-order valence-electron chi connectivity index (χ4n) is 2.00. The lowest BCUT2D eigenvalue weighted by Gasteiger charge is -2.38. The Balaban J connectivity index is 2.39. The largest absolute Gasteiger partial charge is 0.486 e. The third kappa shape index (κ3) is 2.25. The first-order valence-corrected chi connectivity index (χ1v) is 6.30. The average Bonchev–Trinajstić information content (AvgIpc) is 2.37. The van der Waals surface area contributed by atoms with Crippen LogP contribution in [0.2, 0.25) is 0 Å². The molecule has 0 radical (unpaired) electrons. The zero-order valence-electron chi connectivity index (χ0n) is 11.6. The Morgan fingerprint density at radius 2 is 1.78 bits per heavy atom. The number of nitrogens with two attached hydrogens (primary N) is 1. The van der Waals surface area contributed by atoms with E-state index in [1.807, 2.05) is 12.1 Å². The summed E-state index contributed by atoms with van der Waals surface area (Å²) in [6.07, 6.45) is 0. The highest BCUT2D eigenvalue weighted by Gasteiger charge is 2.25. The summed E-state index contributed by atoms with van der Waals surface area (Å²) in [5, 5.41) is 0. The molecule has 0 atom stereocenters. The molecule has 4 nitrogen and oxygen atoms in total. The predicted octanol–water partition coefficient (Wildman–Crippen LogP) is 1.94. The van der Waals surface area contributed by atoms with Crippen LogP contribution in [-0.4, -0.2) is 32.3 Å². The summed E-state index contributed by atoms with van der Waals surface area (Å²) in [6.45, 7) is 8.16. The number of likely N-dealkylation sites (N-methyl/N-ethyl adjacent to an activating group) is 1. The molecule has 0 aliphatic carbocycles. The third-order valence-corrected chi connectivity index (χ3v) is 3.63. The SMILES string of the molecule is Cc1cc2c(cc1N(C)C(C)(C)CN)OCCO2. The molecule has 0 aromatic heterocycles. The summed E-state index contributed by atoms with van der Waals surface area (Å²) in [7, 11) is 2.06. The maximum absolute atomic E-state index is 5.83. The van der Waals surface area contributed by atoms with Gasteiger partial charge in [-0.2, -0.15) is 0 Å². The highest BCUT2D eigenvalue weighted by molar-refractivity contribution is 5.62. The number of fused-ring (bicyclic) bond motifs is 1. The van der Waals surface area contributed by atoms with Crippen molar-refractivity contribution in [2.45, 2.75) is 26.3 Å². The van der Waals surface area contributed by atoms with Crippen LogP contribution in [-0.2, 0) is 0 Å². The first-order chi connectivity index (χ1) is 8.45. The second-order valence-electron chi connectivity index (χ2n) is 5.36. The van der Waals surface area contributed by atoms with Crippen LogP contribution in [0.5, 0.6) is 11.5 Å². The molecule has 1 aliphatic heterocycles. The lowest BCUT2D eigenvalue weighted by Crippen LogP contribution is -2.47. The van der Waals surface area contributed by atoms with Crippen molar-refractivity contribution in [2.75, 3.05) is 31.7 Å². The van der Waals surface area contributed by atoms with Gasteiger partial charge in [0.2, 0.25) is 0 Å². The Bertz CT molecular complexity index is 444. The second kappa shape index (κ2) is 4.69. The normalized spacial score (nSPS) is 14.5. The number of ether oxygens (including phenoxy) is 2. The number of hydrogen-bond acceptors (Lipinski definition) is 4. The molecule has 0 bridgehead atoms. The monoisotopic (exact) mass is 250 g/mol. The van der Waals surface area contributed by atoms with E-state index in [0.29, 0.717) is 19.8 Å².